The van der Waals surface area contributed by atoms with Crippen LogP contribution >= 0.6 is 0 Å². The number of nitrogen functional groups attached to an aromatic ring is 1. The molecule has 1 saturated heterocycles. The average Bonchev–Trinajstić information content (AvgIpc) is 3.19. The largest absolute Gasteiger partial charge is 0.399 e. The third-order valence-electron chi connectivity index (χ3n) is 4.54. The van der Waals surface area contributed by atoms with Crippen molar-refractivity contribution in [1.29, 1.82) is 0 Å². The number of rotatable bonds is 7. The van der Waals surface area contributed by atoms with Crippen molar-refractivity contribution < 1.29 is 14.3 Å². The van der Waals surface area contributed by atoms with Gasteiger partial charge in [0.15, 0.2) is 0 Å². The quantitative estimate of drug-likeness (QED) is 0.656. The molecule has 2 amide bonds. The summed E-state index contributed by atoms with van der Waals surface area (Å²) in [6.07, 6.45) is 3.11. The van der Waals surface area contributed by atoms with Crippen molar-refractivity contribution in [1.82, 2.24) is 5.32 Å². The lowest BCUT2D eigenvalue weighted by molar-refractivity contribution is -0.116. The molecule has 142 valence electrons. The number of benzene rings is 2. The van der Waals surface area contributed by atoms with Gasteiger partial charge in [-0.15, -0.1) is 0 Å². The van der Waals surface area contributed by atoms with E-state index in [2.05, 4.69) is 10.6 Å². The number of nitrogens with two attached hydrogens (primary N) is 1. The Kier molecular flexibility index (Phi) is 6.44. The highest BCUT2D eigenvalue weighted by molar-refractivity contribution is 5.97. The number of nitrogens with one attached hydrogen (secondary N) is 2. The lowest BCUT2D eigenvalue weighted by Gasteiger charge is -2.11. The van der Waals surface area contributed by atoms with Crippen molar-refractivity contribution in [3.63, 3.8) is 0 Å². The van der Waals surface area contributed by atoms with Gasteiger partial charge in [0.05, 0.1) is 6.10 Å². The first-order valence-electron chi connectivity index (χ1n) is 9.24. The molecular weight excluding hydrogens is 342 g/mol. The molecule has 0 bridgehead atoms. The fourth-order valence-electron chi connectivity index (χ4n) is 3.02. The average molecular weight is 367 g/mol. The van der Waals surface area contributed by atoms with E-state index in [4.69, 9.17) is 10.5 Å². The van der Waals surface area contributed by atoms with Crippen molar-refractivity contribution in [3.05, 3.63) is 59.7 Å². The molecule has 1 aliphatic heterocycles. The standard InChI is InChI=1S/C21H25N3O3/c22-17-9-6-15(7-10-17)8-11-20(25)24-18-4-1-3-16(13-18)21(26)23-14-19-5-2-12-27-19/h1,3-4,6-7,9-10,13,19H,2,5,8,11-12,14,22H2,(H,23,26)(H,24,25). The highest BCUT2D eigenvalue weighted by Crippen LogP contribution is 2.14. The first-order valence-corrected chi connectivity index (χ1v) is 9.24. The van der Waals surface area contributed by atoms with Crippen LogP contribution < -0.4 is 16.4 Å². The summed E-state index contributed by atoms with van der Waals surface area (Å²) in [5, 5.41) is 5.73. The van der Waals surface area contributed by atoms with Gasteiger partial charge in [-0.25, -0.2) is 0 Å². The summed E-state index contributed by atoms with van der Waals surface area (Å²) in [5.74, 6) is -0.257. The Hall–Kier alpha value is -2.86. The van der Waals surface area contributed by atoms with Gasteiger partial charge in [0.2, 0.25) is 5.91 Å². The van der Waals surface area contributed by atoms with Gasteiger partial charge in [-0.05, 0) is 55.2 Å². The Labute approximate surface area is 159 Å². The highest BCUT2D eigenvalue weighted by atomic mass is 16.5. The van der Waals surface area contributed by atoms with Crippen LogP contribution in [0.15, 0.2) is 48.5 Å². The monoisotopic (exact) mass is 367 g/mol. The number of anilines is 2. The van der Waals surface area contributed by atoms with Crippen molar-refractivity contribution in [2.45, 2.75) is 31.8 Å². The predicted octanol–water partition coefficient (Wildman–Crippen LogP) is 2.75. The zero-order valence-electron chi connectivity index (χ0n) is 15.2. The van der Waals surface area contributed by atoms with Gasteiger partial charge >= 0.3 is 0 Å². The van der Waals surface area contributed by atoms with Crippen molar-refractivity contribution >= 4 is 23.2 Å². The molecule has 2 aromatic rings. The molecule has 4 N–H and O–H groups in total. The van der Waals surface area contributed by atoms with Gasteiger partial charge < -0.3 is 21.1 Å². The number of hydrogen-bond acceptors (Lipinski definition) is 4. The third kappa shape index (κ3) is 5.82. The maximum atomic E-state index is 12.3. The molecule has 0 saturated carbocycles. The smallest absolute Gasteiger partial charge is 0.251 e. The van der Waals surface area contributed by atoms with Crippen LogP contribution in [0.5, 0.6) is 0 Å². The molecule has 3 rings (SSSR count). The number of carbonyl (C=O) groups is 2. The van der Waals surface area contributed by atoms with Crippen LogP contribution in [0.3, 0.4) is 0 Å². The van der Waals surface area contributed by atoms with Crippen molar-refractivity contribution in [3.8, 4) is 0 Å². The van der Waals surface area contributed by atoms with Crippen LogP contribution in [0.1, 0.15) is 35.2 Å². The first kappa shape index (κ1) is 18.9. The van der Waals surface area contributed by atoms with E-state index in [1.54, 1.807) is 24.3 Å². The first-order chi connectivity index (χ1) is 13.1. The van der Waals surface area contributed by atoms with Gasteiger partial charge in [-0.1, -0.05) is 18.2 Å². The SMILES string of the molecule is Nc1ccc(CCC(=O)Nc2cccc(C(=O)NCC3CCCO3)c2)cc1. The van der Waals surface area contributed by atoms with Crippen molar-refractivity contribution in [2.75, 3.05) is 24.2 Å². The van der Waals surface area contributed by atoms with Crippen LogP contribution in [0.4, 0.5) is 11.4 Å². The molecule has 6 heteroatoms. The minimum atomic E-state index is -0.163. The fraction of sp³-hybridized carbons (Fsp3) is 0.333. The number of hydrogen-bond donors (Lipinski definition) is 3. The second-order valence-corrected chi connectivity index (χ2v) is 6.72. The second kappa shape index (κ2) is 9.19. The van der Waals surface area contributed by atoms with E-state index in [1.165, 1.54) is 0 Å². The summed E-state index contributed by atoms with van der Waals surface area (Å²) in [5.41, 5.74) is 8.56. The molecule has 0 radical (unpaired) electrons. The van der Waals surface area contributed by atoms with Crippen LogP contribution in [0, 0.1) is 0 Å². The van der Waals surface area contributed by atoms with Crippen molar-refractivity contribution in [2.24, 2.45) is 0 Å². The molecule has 0 aliphatic carbocycles. The highest BCUT2D eigenvalue weighted by Gasteiger charge is 2.16. The Morgan fingerprint density at radius 1 is 1.15 bits per heavy atom. The number of amides is 2. The van der Waals surface area contributed by atoms with Crippen LogP contribution in [-0.2, 0) is 16.0 Å². The van der Waals surface area contributed by atoms with E-state index >= 15 is 0 Å². The molecule has 6 nitrogen and oxygen atoms in total. The minimum absolute atomic E-state index is 0.0938. The molecule has 1 heterocycles. The molecular formula is C21H25N3O3. The molecule has 1 atom stereocenters. The summed E-state index contributed by atoms with van der Waals surface area (Å²) in [4.78, 5) is 24.5. The molecule has 1 fully saturated rings. The molecule has 27 heavy (non-hydrogen) atoms. The summed E-state index contributed by atoms with van der Waals surface area (Å²) in [7, 11) is 0. The lowest BCUT2D eigenvalue weighted by atomic mass is 10.1. The zero-order chi connectivity index (χ0) is 19.1. The molecule has 2 aromatic carbocycles. The predicted molar refractivity (Wildman–Crippen MR) is 106 cm³/mol. The van der Waals surface area contributed by atoms with Gasteiger partial charge in [0.25, 0.3) is 5.91 Å². The summed E-state index contributed by atoms with van der Waals surface area (Å²) in [6.45, 7) is 1.27. The minimum Gasteiger partial charge on any atom is -0.399 e. The summed E-state index contributed by atoms with van der Waals surface area (Å²) in [6, 6.07) is 14.4. The maximum Gasteiger partial charge on any atom is 0.251 e. The van der Waals surface area contributed by atoms with Gasteiger partial charge in [0.1, 0.15) is 0 Å². The van der Waals surface area contributed by atoms with E-state index in [0.717, 1.165) is 25.0 Å². The zero-order valence-corrected chi connectivity index (χ0v) is 15.2. The van der Waals surface area contributed by atoms with E-state index < -0.39 is 0 Å². The molecule has 1 unspecified atom stereocenters. The number of carbonyl (C=O) groups excluding carboxylic acids is 2. The van der Waals surface area contributed by atoms with Gasteiger partial charge in [-0.3, -0.25) is 9.59 Å². The lowest BCUT2D eigenvalue weighted by Crippen LogP contribution is -2.31. The van der Waals surface area contributed by atoms with E-state index in [0.29, 0.717) is 36.3 Å². The van der Waals surface area contributed by atoms with E-state index in [1.807, 2.05) is 24.3 Å². The van der Waals surface area contributed by atoms with Gasteiger partial charge in [0, 0.05) is 36.5 Å². The maximum absolute atomic E-state index is 12.3. The van der Waals surface area contributed by atoms with Crippen LogP contribution in [0.25, 0.3) is 0 Å². The Morgan fingerprint density at radius 2 is 1.96 bits per heavy atom. The summed E-state index contributed by atoms with van der Waals surface area (Å²) < 4.78 is 5.51. The van der Waals surface area contributed by atoms with E-state index in [9.17, 15) is 9.59 Å². The molecule has 1 aliphatic rings. The second-order valence-electron chi connectivity index (χ2n) is 6.72. The molecule has 0 aromatic heterocycles. The van der Waals surface area contributed by atoms with Crippen LogP contribution in [-0.4, -0.2) is 31.1 Å². The fourth-order valence-corrected chi connectivity index (χ4v) is 3.02. The Morgan fingerprint density at radius 3 is 2.70 bits per heavy atom. The molecule has 0 spiro atoms. The van der Waals surface area contributed by atoms with Gasteiger partial charge in [-0.2, -0.15) is 0 Å². The topological polar surface area (TPSA) is 93.5 Å². The number of ether oxygens (including phenoxy) is 1. The normalized spacial score (nSPS) is 16.1. The number of aryl methyl sites for hydroxylation is 1. The van der Waals surface area contributed by atoms with E-state index in [-0.39, 0.29) is 17.9 Å². The Balaban J connectivity index is 1.49. The summed E-state index contributed by atoms with van der Waals surface area (Å²) >= 11 is 0. The van der Waals surface area contributed by atoms with Crippen LogP contribution in [0.2, 0.25) is 0 Å². The Bertz CT molecular complexity index is 784. The third-order valence-corrected chi connectivity index (χ3v) is 4.54.